The van der Waals surface area contributed by atoms with Crippen LogP contribution in [-0.4, -0.2) is 91.0 Å². The number of likely N-dealkylation sites (N-methyl/N-ethyl adjacent to an activating group) is 1. The van der Waals surface area contributed by atoms with E-state index >= 15 is 0 Å². The Bertz CT molecular complexity index is 2590. The standard InChI is InChI=1S/C39H36N6O8S2/c1-42(54(49,50)37-34-8-4-2-6-30(34)18-20-40-37)36(39(46)44-24-22-43(23-25-44)27-29-10-14-32(15-11-29)45(47)48)26-28-12-16-33(17-13-28)53-55(51,52)38-35-9-5-3-7-31(35)19-21-41-38/h2-21,36H,22-27H2,1H3/t36-/m0/s1. The summed E-state index contributed by atoms with van der Waals surface area (Å²) in [6, 6.07) is 28.6. The number of nitrogens with zero attached hydrogens (tertiary/aromatic N) is 6. The number of benzene rings is 4. The van der Waals surface area contributed by atoms with E-state index < -0.39 is 37.0 Å². The fourth-order valence-electron chi connectivity index (χ4n) is 6.65. The van der Waals surface area contributed by atoms with Crippen LogP contribution in [0.3, 0.4) is 0 Å². The van der Waals surface area contributed by atoms with Gasteiger partial charge < -0.3 is 9.08 Å². The fourth-order valence-corrected chi connectivity index (χ4v) is 9.17. The second-order valence-corrected chi connectivity index (χ2v) is 16.5. The molecule has 1 atom stereocenters. The first-order valence-corrected chi connectivity index (χ1v) is 20.2. The molecule has 1 saturated heterocycles. The predicted octanol–water partition coefficient (Wildman–Crippen LogP) is 5.04. The van der Waals surface area contributed by atoms with Gasteiger partial charge in [0.1, 0.15) is 11.8 Å². The Morgan fingerprint density at radius 1 is 0.764 bits per heavy atom. The van der Waals surface area contributed by atoms with E-state index in [2.05, 4.69) is 14.9 Å². The van der Waals surface area contributed by atoms with Crippen molar-refractivity contribution in [3.8, 4) is 5.75 Å². The predicted molar refractivity (Wildman–Crippen MR) is 205 cm³/mol. The minimum Gasteiger partial charge on any atom is -0.378 e. The molecule has 0 bridgehead atoms. The van der Waals surface area contributed by atoms with Crippen LogP contribution in [0.1, 0.15) is 11.1 Å². The number of amides is 1. The van der Waals surface area contributed by atoms with E-state index in [0.29, 0.717) is 59.8 Å². The topological polar surface area (TPSA) is 173 Å². The lowest BCUT2D eigenvalue weighted by Gasteiger charge is -2.38. The molecular formula is C39H36N6O8S2. The van der Waals surface area contributed by atoms with Crippen LogP contribution >= 0.6 is 0 Å². The number of sulfonamides is 1. The highest BCUT2D eigenvalue weighted by Gasteiger charge is 2.38. The third kappa shape index (κ3) is 8.02. The Hall–Kier alpha value is -5.81. The molecule has 282 valence electrons. The summed E-state index contributed by atoms with van der Waals surface area (Å²) in [5, 5.41) is 12.9. The molecule has 3 heterocycles. The summed E-state index contributed by atoms with van der Waals surface area (Å²) < 4.78 is 61.6. The van der Waals surface area contributed by atoms with Crippen LogP contribution in [0.15, 0.2) is 132 Å². The summed E-state index contributed by atoms with van der Waals surface area (Å²) >= 11 is 0. The van der Waals surface area contributed by atoms with Gasteiger partial charge in [-0.15, -0.1) is 0 Å². The van der Waals surface area contributed by atoms with Crippen molar-refractivity contribution in [2.45, 2.75) is 29.1 Å². The van der Waals surface area contributed by atoms with E-state index in [0.717, 1.165) is 9.87 Å². The maximum atomic E-state index is 14.4. The molecule has 1 aliphatic heterocycles. The summed E-state index contributed by atoms with van der Waals surface area (Å²) in [7, 11) is -7.25. The smallest absolute Gasteiger partial charge is 0.357 e. The average Bonchev–Trinajstić information content (AvgIpc) is 3.20. The number of hydrogen-bond donors (Lipinski definition) is 0. The molecular weight excluding hydrogens is 745 g/mol. The Balaban J connectivity index is 1.12. The monoisotopic (exact) mass is 780 g/mol. The molecule has 0 saturated carbocycles. The number of nitro groups is 1. The van der Waals surface area contributed by atoms with Crippen LogP contribution in [0.5, 0.6) is 5.75 Å². The Kier molecular flexibility index (Phi) is 10.6. The van der Waals surface area contributed by atoms with Crippen molar-refractivity contribution >= 4 is 53.3 Å². The zero-order valence-electron chi connectivity index (χ0n) is 29.6. The number of rotatable bonds is 12. The number of piperazine rings is 1. The van der Waals surface area contributed by atoms with Gasteiger partial charge in [0, 0.05) is 75.1 Å². The molecule has 14 nitrogen and oxygen atoms in total. The van der Waals surface area contributed by atoms with Crippen molar-refractivity contribution in [3.63, 3.8) is 0 Å². The van der Waals surface area contributed by atoms with E-state index in [1.54, 1.807) is 89.8 Å². The van der Waals surface area contributed by atoms with Gasteiger partial charge in [-0.05, 0) is 52.6 Å². The van der Waals surface area contributed by atoms with Crippen LogP contribution in [0, 0.1) is 10.1 Å². The van der Waals surface area contributed by atoms with Crippen LogP contribution in [0.2, 0.25) is 0 Å². The van der Waals surface area contributed by atoms with Gasteiger partial charge in [0.15, 0.2) is 5.03 Å². The largest absolute Gasteiger partial charge is 0.378 e. The van der Waals surface area contributed by atoms with Gasteiger partial charge in [0.25, 0.3) is 15.7 Å². The van der Waals surface area contributed by atoms with Gasteiger partial charge in [0.05, 0.1) is 4.92 Å². The number of hydrogen-bond acceptors (Lipinski definition) is 11. The van der Waals surface area contributed by atoms with E-state index in [4.69, 9.17) is 4.18 Å². The first-order chi connectivity index (χ1) is 26.4. The number of pyridine rings is 2. The third-order valence-corrected chi connectivity index (χ3v) is 12.7. The number of aromatic nitrogens is 2. The minimum absolute atomic E-state index is 0.00777. The van der Waals surface area contributed by atoms with Gasteiger partial charge >= 0.3 is 10.1 Å². The van der Waals surface area contributed by atoms with Gasteiger partial charge in [-0.25, -0.2) is 18.4 Å². The van der Waals surface area contributed by atoms with E-state index in [-0.39, 0.29) is 27.9 Å². The van der Waals surface area contributed by atoms with Crippen LogP contribution in [0.4, 0.5) is 5.69 Å². The van der Waals surface area contributed by atoms with Crippen molar-refractivity contribution in [1.29, 1.82) is 0 Å². The quantitative estimate of drug-likeness (QED) is 0.0926. The lowest BCUT2D eigenvalue weighted by molar-refractivity contribution is -0.384. The Labute approximate surface area is 317 Å². The van der Waals surface area contributed by atoms with Crippen molar-refractivity contribution in [1.82, 2.24) is 24.1 Å². The van der Waals surface area contributed by atoms with Gasteiger partial charge in [-0.3, -0.25) is 19.8 Å². The molecule has 16 heteroatoms. The van der Waals surface area contributed by atoms with E-state index in [1.807, 2.05) is 0 Å². The molecule has 0 radical (unpaired) electrons. The lowest BCUT2D eigenvalue weighted by atomic mass is 10.0. The van der Waals surface area contributed by atoms with Crippen LogP contribution in [-0.2, 0) is 37.9 Å². The summed E-state index contributed by atoms with van der Waals surface area (Å²) in [6.07, 6.45) is 2.79. The minimum atomic E-state index is -4.31. The highest BCUT2D eigenvalue weighted by molar-refractivity contribution is 7.89. The molecule has 0 N–H and O–H groups in total. The second-order valence-electron chi connectivity index (χ2n) is 13.1. The highest BCUT2D eigenvalue weighted by Crippen LogP contribution is 2.28. The molecule has 6 aromatic rings. The molecule has 2 aromatic heterocycles. The van der Waals surface area contributed by atoms with Crippen molar-refractivity contribution in [2.75, 3.05) is 33.2 Å². The SMILES string of the molecule is CN([C@@H](Cc1ccc(OS(=O)(=O)c2nccc3ccccc23)cc1)C(=O)N1CCN(Cc2ccc([N+](=O)[O-])cc2)CC1)S(=O)(=O)c1nccc2ccccc12. The molecule has 4 aromatic carbocycles. The Morgan fingerprint density at radius 3 is 1.91 bits per heavy atom. The van der Waals surface area contributed by atoms with Gasteiger partial charge in [0.2, 0.25) is 10.9 Å². The van der Waals surface area contributed by atoms with Crippen LogP contribution in [0.25, 0.3) is 21.5 Å². The lowest BCUT2D eigenvalue weighted by Crippen LogP contribution is -2.55. The maximum Gasteiger partial charge on any atom is 0.357 e. The van der Waals surface area contributed by atoms with Crippen LogP contribution < -0.4 is 4.18 Å². The molecule has 1 fully saturated rings. The first kappa shape index (κ1) is 37.5. The molecule has 0 aliphatic carbocycles. The fraction of sp³-hybridized carbons (Fsp3) is 0.205. The Morgan fingerprint density at radius 2 is 1.31 bits per heavy atom. The molecule has 55 heavy (non-hydrogen) atoms. The molecule has 1 aliphatic rings. The van der Waals surface area contributed by atoms with Crippen molar-refractivity contribution < 1.29 is 30.7 Å². The molecule has 0 unspecified atom stereocenters. The normalized spacial score (nSPS) is 14.6. The van der Waals surface area contributed by atoms with E-state index in [9.17, 15) is 31.7 Å². The van der Waals surface area contributed by atoms with Crippen molar-refractivity contribution in [2.24, 2.45) is 0 Å². The van der Waals surface area contributed by atoms with Gasteiger partial charge in [-0.1, -0.05) is 72.8 Å². The molecule has 0 spiro atoms. The summed E-state index contributed by atoms with van der Waals surface area (Å²) in [5.74, 6) is -0.377. The summed E-state index contributed by atoms with van der Waals surface area (Å²) in [6.45, 7) is 2.20. The zero-order valence-corrected chi connectivity index (χ0v) is 31.3. The summed E-state index contributed by atoms with van der Waals surface area (Å²) in [5.41, 5.74) is 1.47. The number of carbonyl (C=O) groups excluding carboxylic acids is 1. The average molecular weight is 781 g/mol. The van der Waals surface area contributed by atoms with E-state index in [1.165, 1.54) is 43.7 Å². The third-order valence-electron chi connectivity index (χ3n) is 9.65. The molecule has 1 amide bonds. The summed E-state index contributed by atoms with van der Waals surface area (Å²) in [4.78, 5) is 37.1. The molecule has 7 rings (SSSR count). The maximum absolute atomic E-state index is 14.4. The zero-order chi connectivity index (χ0) is 38.7. The second kappa shape index (κ2) is 15.5. The highest BCUT2D eigenvalue weighted by atomic mass is 32.2. The number of nitro benzene ring substituents is 1. The number of non-ortho nitro benzene ring substituents is 1. The number of fused-ring (bicyclic) bond motifs is 2. The first-order valence-electron chi connectivity index (χ1n) is 17.3. The number of carbonyl (C=O) groups is 1. The van der Waals surface area contributed by atoms with Gasteiger partial charge in [-0.2, -0.15) is 12.7 Å². The van der Waals surface area contributed by atoms with Crippen molar-refractivity contribution in [3.05, 3.63) is 143 Å².